The van der Waals surface area contributed by atoms with Gasteiger partial charge in [0.1, 0.15) is 0 Å². The summed E-state index contributed by atoms with van der Waals surface area (Å²) in [5, 5.41) is 2.89. The molecule has 0 spiro atoms. The van der Waals surface area contributed by atoms with Gasteiger partial charge in [0.25, 0.3) is 0 Å². The molecule has 0 saturated heterocycles. The lowest BCUT2D eigenvalue weighted by molar-refractivity contribution is -0.139. The Labute approximate surface area is 108 Å². The first kappa shape index (κ1) is 13.3. The monoisotopic (exact) mass is 253 g/mol. The van der Waals surface area contributed by atoms with Crippen molar-refractivity contribution in [1.82, 2.24) is 10.2 Å². The maximum Gasteiger partial charge on any atom is 0.240 e. The van der Waals surface area contributed by atoms with Gasteiger partial charge >= 0.3 is 0 Å². The van der Waals surface area contributed by atoms with E-state index in [9.17, 15) is 9.59 Å². The molecular formula is C13H23N3O2. The number of carbonyl (C=O) groups is 2. The van der Waals surface area contributed by atoms with Crippen molar-refractivity contribution in [3.05, 3.63) is 0 Å². The van der Waals surface area contributed by atoms with Crippen LogP contribution in [0, 0.1) is 5.41 Å². The van der Waals surface area contributed by atoms with E-state index in [4.69, 9.17) is 5.73 Å². The molecule has 0 atom stereocenters. The van der Waals surface area contributed by atoms with Crippen molar-refractivity contribution in [3.63, 3.8) is 0 Å². The SMILES string of the molecule is CN(C)C(=O)C1(CNC(=O)C2(N)CC2)CCCC1. The topological polar surface area (TPSA) is 75.4 Å². The summed E-state index contributed by atoms with van der Waals surface area (Å²) >= 11 is 0. The summed E-state index contributed by atoms with van der Waals surface area (Å²) in [6, 6.07) is 0. The summed E-state index contributed by atoms with van der Waals surface area (Å²) in [5.74, 6) is 0.0301. The Morgan fingerprint density at radius 3 is 2.17 bits per heavy atom. The Kier molecular flexibility index (Phi) is 3.36. The lowest BCUT2D eigenvalue weighted by Crippen LogP contribution is -2.50. The predicted octanol–water partition coefficient (Wildman–Crippen LogP) is 0.243. The standard InChI is InChI=1S/C13H23N3O2/c1-16(2)11(18)12(5-3-4-6-12)9-15-10(17)13(14)7-8-13/h3-9,14H2,1-2H3,(H,15,17). The zero-order chi connectivity index (χ0) is 13.4. The summed E-state index contributed by atoms with van der Waals surface area (Å²) < 4.78 is 0. The van der Waals surface area contributed by atoms with Crippen LogP contribution in [0.3, 0.4) is 0 Å². The Bertz CT molecular complexity index is 355. The number of carbonyl (C=O) groups excluding carboxylic acids is 2. The molecule has 0 unspecified atom stereocenters. The molecule has 0 heterocycles. The molecule has 0 aromatic heterocycles. The molecule has 5 heteroatoms. The highest BCUT2D eigenvalue weighted by Gasteiger charge is 2.48. The molecule has 2 fully saturated rings. The van der Waals surface area contributed by atoms with Crippen LogP contribution in [0.5, 0.6) is 0 Å². The maximum absolute atomic E-state index is 12.3. The zero-order valence-corrected chi connectivity index (χ0v) is 11.3. The molecule has 0 radical (unpaired) electrons. The molecule has 5 nitrogen and oxygen atoms in total. The molecule has 0 aromatic rings. The van der Waals surface area contributed by atoms with Crippen LogP contribution in [0.15, 0.2) is 0 Å². The van der Waals surface area contributed by atoms with Crippen LogP contribution in [0.2, 0.25) is 0 Å². The molecule has 0 aliphatic heterocycles. The van der Waals surface area contributed by atoms with Crippen molar-refractivity contribution in [2.45, 2.75) is 44.1 Å². The highest BCUT2D eigenvalue weighted by molar-refractivity contribution is 5.90. The third-order valence-corrected chi connectivity index (χ3v) is 4.25. The molecule has 18 heavy (non-hydrogen) atoms. The van der Waals surface area contributed by atoms with E-state index in [1.807, 2.05) is 0 Å². The Morgan fingerprint density at radius 2 is 1.72 bits per heavy atom. The van der Waals surface area contributed by atoms with Gasteiger partial charge in [-0.3, -0.25) is 9.59 Å². The molecule has 2 aliphatic carbocycles. The fourth-order valence-corrected chi connectivity index (χ4v) is 2.78. The van der Waals surface area contributed by atoms with Crippen LogP contribution in [0.1, 0.15) is 38.5 Å². The third-order valence-electron chi connectivity index (χ3n) is 4.25. The van der Waals surface area contributed by atoms with Gasteiger partial charge in [-0.1, -0.05) is 12.8 Å². The molecule has 0 aromatic carbocycles. The minimum Gasteiger partial charge on any atom is -0.353 e. The number of nitrogens with two attached hydrogens (primary N) is 1. The molecule has 2 rings (SSSR count). The second kappa shape index (κ2) is 4.53. The van der Waals surface area contributed by atoms with E-state index in [0.717, 1.165) is 38.5 Å². The van der Waals surface area contributed by atoms with Crippen molar-refractivity contribution in [1.29, 1.82) is 0 Å². The largest absolute Gasteiger partial charge is 0.353 e. The van der Waals surface area contributed by atoms with Gasteiger partial charge in [-0.2, -0.15) is 0 Å². The Morgan fingerprint density at radius 1 is 1.17 bits per heavy atom. The molecule has 2 saturated carbocycles. The maximum atomic E-state index is 12.3. The fraction of sp³-hybridized carbons (Fsp3) is 0.846. The highest BCUT2D eigenvalue weighted by Crippen LogP contribution is 2.39. The van der Waals surface area contributed by atoms with Gasteiger partial charge in [-0.05, 0) is 25.7 Å². The lowest BCUT2D eigenvalue weighted by Gasteiger charge is -2.31. The molecule has 2 amide bonds. The van der Waals surface area contributed by atoms with Gasteiger partial charge < -0.3 is 16.0 Å². The summed E-state index contributed by atoms with van der Waals surface area (Å²) in [4.78, 5) is 25.8. The van der Waals surface area contributed by atoms with Crippen LogP contribution >= 0.6 is 0 Å². The quantitative estimate of drug-likeness (QED) is 0.753. The number of amides is 2. The third kappa shape index (κ3) is 2.36. The van der Waals surface area contributed by atoms with Crippen LogP contribution < -0.4 is 11.1 Å². The Hall–Kier alpha value is -1.10. The van der Waals surface area contributed by atoms with Gasteiger partial charge in [0.05, 0.1) is 11.0 Å². The summed E-state index contributed by atoms with van der Waals surface area (Å²) in [5.41, 5.74) is 4.80. The van der Waals surface area contributed by atoms with Crippen LogP contribution in [-0.4, -0.2) is 42.9 Å². The number of hydrogen-bond acceptors (Lipinski definition) is 3. The second-order valence-electron chi connectivity index (χ2n) is 6.03. The van der Waals surface area contributed by atoms with E-state index in [1.165, 1.54) is 0 Å². The smallest absolute Gasteiger partial charge is 0.240 e. The number of nitrogens with one attached hydrogen (secondary N) is 1. The first-order valence-corrected chi connectivity index (χ1v) is 6.69. The van der Waals surface area contributed by atoms with Crippen molar-refractivity contribution >= 4 is 11.8 Å². The van der Waals surface area contributed by atoms with Crippen molar-refractivity contribution in [3.8, 4) is 0 Å². The van der Waals surface area contributed by atoms with Gasteiger partial charge in [-0.15, -0.1) is 0 Å². The van der Waals surface area contributed by atoms with Gasteiger partial charge in [0.2, 0.25) is 11.8 Å². The molecule has 0 bridgehead atoms. The lowest BCUT2D eigenvalue weighted by atomic mass is 9.84. The van der Waals surface area contributed by atoms with Gasteiger partial charge in [0, 0.05) is 20.6 Å². The predicted molar refractivity (Wildman–Crippen MR) is 68.8 cm³/mol. The number of nitrogens with zero attached hydrogens (tertiary/aromatic N) is 1. The van der Waals surface area contributed by atoms with E-state index < -0.39 is 11.0 Å². The van der Waals surface area contributed by atoms with E-state index in [1.54, 1.807) is 19.0 Å². The average molecular weight is 253 g/mol. The molecular weight excluding hydrogens is 230 g/mol. The van der Waals surface area contributed by atoms with Gasteiger partial charge in [-0.25, -0.2) is 0 Å². The van der Waals surface area contributed by atoms with Crippen LogP contribution in [0.25, 0.3) is 0 Å². The van der Waals surface area contributed by atoms with E-state index >= 15 is 0 Å². The van der Waals surface area contributed by atoms with Crippen molar-refractivity contribution in [2.75, 3.05) is 20.6 Å². The molecule has 3 N–H and O–H groups in total. The summed E-state index contributed by atoms with van der Waals surface area (Å²) in [6.45, 7) is 0.432. The minimum atomic E-state index is -0.652. The van der Waals surface area contributed by atoms with Crippen LogP contribution in [-0.2, 0) is 9.59 Å². The van der Waals surface area contributed by atoms with E-state index in [0.29, 0.717) is 6.54 Å². The van der Waals surface area contributed by atoms with Gasteiger partial charge in [0.15, 0.2) is 0 Å². The average Bonchev–Trinajstić information content (AvgIpc) is 2.92. The zero-order valence-electron chi connectivity index (χ0n) is 11.3. The molecule has 102 valence electrons. The van der Waals surface area contributed by atoms with Crippen molar-refractivity contribution in [2.24, 2.45) is 11.1 Å². The fourth-order valence-electron chi connectivity index (χ4n) is 2.78. The normalized spacial score (nSPS) is 23.5. The van der Waals surface area contributed by atoms with E-state index in [-0.39, 0.29) is 11.8 Å². The number of rotatable bonds is 4. The number of hydrogen-bond donors (Lipinski definition) is 2. The first-order valence-electron chi connectivity index (χ1n) is 6.69. The first-order chi connectivity index (χ1) is 8.40. The van der Waals surface area contributed by atoms with Crippen LogP contribution in [0.4, 0.5) is 0 Å². The molecule has 2 aliphatic rings. The van der Waals surface area contributed by atoms with E-state index in [2.05, 4.69) is 5.32 Å². The summed E-state index contributed by atoms with van der Waals surface area (Å²) in [6.07, 6.45) is 5.36. The highest BCUT2D eigenvalue weighted by atomic mass is 16.2. The van der Waals surface area contributed by atoms with Crippen molar-refractivity contribution < 1.29 is 9.59 Å². The minimum absolute atomic E-state index is 0.0969. The second-order valence-corrected chi connectivity index (χ2v) is 6.03. The summed E-state index contributed by atoms with van der Waals surface area (Å²) in [7, 11) is 3.55. The Balaban J connectivity index is 1.98.